The second kappa shape index (κ2) is 8.19. The van der Waals surface area contributed by atoms with Crippen molar-refractivity contribution in [3.8, 4) is 0 Å². The molecule has 29 heavy (non-hydrogen) atoms. The van der Waals surface area contributed by atoms with Crippen molar-refractivity contribution < 1.29 is 22.5 Å². The number of sulfonamides is 1. The summed E-state index contributed by atoms with van der Waals surface area (Å²) in [6.45, 7) is 8.07. The minimum atomic E-state index is -3.60. The number of rotatable bonds is 5. The van der Waals surface area contributed by atoms with E-state index in [-0.39, 0.29) is 41.2 Å². The number of carbonyl (C=O) groups is 1. The lowest BCUT2D eigenvalue weighted by Crippen LogP contribution is -2.40. The van der Waals surface area contributed by atoms with E-state index < -0.39 is 16.1 Å². The Morgan fingerprint density at radius 3 is 2.55 bits per heavy atom. The summed E-state index contributed by atoms with van der Waals surface area (Å²) in [4.78, 5) is 20.9. The zero-order chi connectivity index (χ0) is 21.2. The zero-order valence-electron chi connectivity index (χ0n) is 17.0. The van der Waals surface area contributed by atoms with Gasteiger partial charge in [0, 0.05) is 30.9 Å². The topological polar surface area (TPSA) is 115 Å². The number of nitrogens with zero attached hydrogens (tertiary/aromatic N) is 4. The Balaban J connectivity index is 1.57. The van der Waals surface area contributed by atoms with E-state index in [1.54, 1.807) is 13.0 Å². The lowest BCUT2D eigenvalue weighted by Gasteiger charge is -2.30. The Morgan fingerprint density at radius 2 is 2.00 bits per heavy atom. The van der Waals surface area contributed by atoms with Crippen LogP contribution in [0.1, 0.15) is 58.4 Å². The minimum absolute atomic E-state index is 0.153. The van der Waals surface area contributed by atoms with Gasteiger partial charge in [0.25, 0.3) is 5.89 Å². The highest BCUT2D eigenvalue weighted by molar-refractivity contribution is 7.89. The predicted molar refractivity (Wildman–Crippen MR) is 103 cm³/mol. The maximum Gasteiger partial charge on any atom is 0.309 e. The van der Waals surface area contributed by atoms with Crippen LogP contribution in [0, 0.1) is 5.92 Å². The van der Waals surface area contributed by atoms with Gasteiger partial charge in [0.2, 0.25) is 10.0 Å². The third-order valence-corrected chi connectivity index (χ3v) is 6.69. The fourth-order valence-electron chi connectivity index (χ4n) is 3.01. The average molecular weight is 423 g/mol. The van der Waals surface area contributed by atoms with E-state index in [9.17, 15) is 13.2 Å². The molecule has 1 saturated heterocycles. The Hall–Kier alpha value is -2.33. The first-order valence-corrected chi connectivity index (χ1v) is 11.0. The van der Waals surface area contributed by atoms with Crippen molar-refractivity contribution in [1.82, 2.24) is 19.4 Å². The summed E-state index contributed by atoms with van der Waals surface area (Å²) in [5, 5.41) is 3.94. The fraction of sp³-hybridized carbons (Fsp3) is 0.579. The Bertz CT molecular complexity index is 944. The van der Waals surface area contributed by atoms with Crippen molar-refractivity contribution in [3.05, 3.63) is 36.2 Å². The van der Waals surface area contributed by atoms with Gasteiger partial charge in [0.05, 0.1) is 5.92 Å². The van der Waals surface area contributed by atoms with Gasteiger partial charge in [-0.05, 0) is 31.9 Å². The number of piperidine rings is 1. The van der Waals surface area contributed by atoms with Gasteiger partial charge in [-0.3, -0.25) is 9.78 Å². The standard InChI is InChI=1S/C19H26N4O5S/c1-13(16-21-18(22-28-16)19(2,3)4)27-17(24)14-7-10-23(11-8-14)29(25,26)15-6-5-9-20-12-15/h5-6,9,12-14H,7-8,10-11H2,1-4H3. The second-order valence-electron chi connectivity index (χ2n) is 8.15. The molecule has 0 bridgehead atoms. The van der Waals surface area contributed by atoms with Crippen LogP contribution in [0.2, 0.25) is 0 Å². The molecule has 158 valence electrons. The molecule has 0 radical (unpaired) electrons. The number of carbonyl (C=O) groups excluding carboxylic acids is 1. The smallest absolute Gasteiger partial charge is 0.309 e. The first-order valence-electron chi connectivity index (χ1n) is 9.54. The second-order valence-corrected chi connectivity index (χ2v) is 10.1. The largest absolute Gasteiger partial charge is 0.452 e. The predicted octanol–water partition coefficient (Wildman–Crippen LogP) is 2.47. The fourth-order valence-corrected chi connectivity index (χ4v) is 4.44. The van der Waals surface area contributed by atoms with Crippen LogP contribution in [0.5, 0.6) is 0 Å². The van der Waals surface area contributed by atoms with Crippen LogP contribution in [0.3, 0.4) is 0 Å². The third kappa shape index (κ3) is 4.81. The van der Waals surface area contributed by atoms with Gasteiger partial charge in [0.15, 0.2) is 11.9 Å². The van der Waals surface area contributed by atoms with Gasteiger partial charge >= 0.3 is 5.97 Å². The quantitative estimate of drug-likeness (QED) is 0.675. The molecule has 9 nitrogen and oxygen atoms in total. The molecule has 1 fully saturated rings. The Labute approximate surface area is 170 Å². The van der Waals surface area contributed by atoms with E-state index in [1.165, 1.54) is 22.8 Å². The molecule has 0 saturated carbocycles. The van der Waals surface area contributed by atoms with Crippen LogP contribution >= 0.6 is 0 Å². The highest BCUT2D eigenvalue weighted by Crippen LogP contribution is 2.27. The van der Waals surface area contributed by atoms with Gasteiger partial charge in [-0.1, -0.05) is 25.9 Å². The molecule has 1 aliphatic heterocycles. The summed E-state index contributed by atoms with van der Waals surface area (Å²) in [6.07, 6.45) is 2.97. The van der Waals surface area contributed by atoms with Crippen LogP contribution in [0.4, 0.5) is 0 Å². The van der Waals surface area contributed by atoms with Crippen LogP contribution in [-0.4, -0.2) is 46.9 Å². The Kier molecular flexibility index (Phi) is 6.04. The van der Waals surface area contributed by atoms with Crippen LogP contribution in [-0.2, 0) is 25.0 Å². The van der Waals surface area contributed by atoms with Crippen molar-refractivity contribution in [2.75, 3.05) is 13.1 Å². The lowest BCUT2D eigenvalue weighted by atomic mass is 9.96. The molecule has 10 heteroatoms. The van der Waals surface area contributed by atoms with Crippen molar-refractivity contribution >= 4 is 16.0 Å². The molecule has 0 amide bonds. The minimum Gasteiger partial charge on any atom is -0.452 e. The maximum absolute atomic E-state index is 12.7. The summed E-state index contributed by atoms with van der Waals surface area (Å²) in [7, 11) is -3.60. The van der Waals surface area contributed by atoms with Gasteiger partial charge in [-0.15, -0.1) is 0 Å². The van der Waals surface area contributed by atoms with Gasteiger partial charge in [0.1, 0.15) is 4.90 Å². The van der Waals surface area contributed by atoms with Crippen molar-refractivity contribution in [1.29, 1.82) is 0 Å². The number of esters is 1. The molecule has 1 aliphatic rings. The molecule has 3 heterocycles. The van der Waals surface area contributed by atoms with Crippen LogP contribution in [0.15, 0.2) is 33.9 Å². The molecular weight excluding hydrogens is 396 g/mol. The first-order chi connectivity index (χ1) is 13.6. The number of hydrogen-bond donors (Lipinski definition) is 0. The van der Waals surface area contributed by atoms with E-state index in [2.05, 4.69) is 15.1 Å². The first kappa shape index (κ1) is 21.4. The lowest BCUT2D eigenvalue weighted by molar-refractivity contribution is -0.156. The molecule has 2 aromatic rings. The van der Waals surface area contributed by atoms with Crippen molar-refractivity contribution in [3.63, 3.8) is 0 Å². The molecule has 2 aromatic heterocycles. The number of ether oxygens (including phenoxy) is 1. The zero-order valence-corrected chi connectivity index (χ0v) is 17.8. The van der Waals surface area contributed by atoms with Crippen LogP contribution < -0.4 is 0 Å². The average Bonchev–Trinajstić information content (AvgIpc) is 3.20. The maximum atomic E-state index is 12.7. The highest BCUT2D eigenvalue weighted by Gasteiger charge is 2.34. The van der Waals surface area contributed by atoms with Crippen molar-refractivity contribution in [2.45, 2.75) is 57.0 Å². The molecule has 0 aliphatic carbocycles. The molecule has 1 unspecified atom stereocenters. The summed E-state index contributed by atoms with van der Waals surface area (Å²) < 4.78 is 37.4. The molecule has 1 atom stereocenters. The molecule has 0 aromatic carbocycles. The van der Waals surface area contributed by atoms with E-state index in [0.717, 1.165) is 0 Å². The SMILES string of the molecule is CC(OC(=O)C1CCN(S(=O)(=O)c2cccnc2)CC1)c1nc(C(C)(C)C)no1. The van der Waals surface area contributed by atoms with Crippen molar-refractivity contribution in [2.24, 2.45) is 5.92 Å². The van der Waals surface area contributed by atoms with E-state index in [0.29, 0.717) is 18.7 Å². The molecule has 0 N–H and O–H groups in total. The summed E-state index contributed by atoms with van der Waals surface area (Å²) in [6, 6.07) is 3.10. The highest BCUT2D eigenvalue weighted by atomic mass is 32.2. The number of hydrogen-bond acceptors (Lipinski definition) is 8. The molecular formula is C19H26N4O5S. The summed E-state index contributed by atoms with van der Waals surface area (Å²) in [5.41, 5.74) is -0.266. The Morgan fingerprint density at radius 1 is 1.31 bits per heavy atom. The van der Waals surface area contributed by atoms with Gasteiger partial charge in [-0.2, -0.15) is 9.29 Å². The normalized spacial score (nSPS) is 17.8. The molecule has 3 rings (SSSR count). The van der Waals surface area contributed by atoms with Crippen LogP contribution in [0.25, 0.3) is 0 Å². The summed E-state index contributed by atoms with van der Waals surface area (Å²) in [5.74, 6) is 0.0402. The number of pyridine rings is 1. The van der Waals surface area contributed by atoms with E-state index in [4.69, 9.17) is 9.26 Å². The summed E-state index contributed by atoms with van der Waals surface area (Å²) >= 11 is 0. The van der Waals surface area contributed by atoms with E-state index >= 15 is 0 Å². The van der Waals surface area contributed by atoms with Gasteiger partial charge in [-0.25, -0.2) is 8.42 Å². The number of aromatic nitrogens is 3. The van der Waals surface area contributed by atoms with Gasteiger partial charge < -0.3 is 9.26 Å². The van der Waals surface area contributed by atoms with E-state index in [1.807, 2.05) is 20.8 Å². The molecule has 0 spiro atoms. The monoisotopic (exact) mass is 422 g/mol. The third-order valence-electron chi connectivity index (χ3n) is 4.81.